The van der Waals surface area contributed by atoms with Crippen LogP contribution in [-0.4, -0.2) is 31.3 Å². The number of nitrogens with zero attached hydrogens (tertiary/aromatic N) is 2. The van der Waals surface area contributed by atoms with E-state index in [1.165, 1.54) is 27.5 Å². The molecule has 0 fully saturated rings. The monoisotopic (exact) mass is 184 g/mol. The van der Waals surface area contributed by atoms with Crippen LogP contribution >= 0.6 is 0 Å². The predicted molar refractivity (Wildman–Crippen MR) is 44.7 cm³/mol. The molecule has 0 unspecified atom stereocenters. The zero-order valence-corrected chi connectivity index (χ0v) is 7.85. The van der Waals surface area contributed by atoms with Crippen LogP contribution in [0.2, 0.25) is 0 Å². The Kier molecular flexibility index (Phi) is 3.30. The van der Waals surface area contributed by atoms with Crippen molar-refractivity contribution in [3.63, 3.8) is 0 Å². The number of hydrogen-bond acceptors (Lipinski definition) is 5. The van der Waals surface area contributed by atoms with Crippen molar-refractivity contribution >= 4 is 0 Å². The van der Waals surface area contributed by atoms with Gasteiger partial charge in [0.05, 0.1) is 6.20 Å². The highest BCUT2D eigenvalue weighted by Gasteiger charge is 2.34. The number of aromatic nitrogens is 2. The van der Waals surface area contributed by atoms with E-state index in [0.29, 0.717) is 5.69 Å². The number of methoxy groups -OCH3 is 3. The van der Waals surface area contributed by atoms with Gasteiger partial charge in [0.2, 0.25) is 0 Å². The van der Waals surface area contributed by atoms with Gasteiger partial charge in [-0.2, -0.15) is 0 Å². The summed E-state index contributed by atoms with van der Waals surface area (Å²) in [6.45, 7) is 0. The third-order valence-electron chi connectivity index (χ3n) is 1.68. The van der Waals surface area contributed by atoms with Gasteiger partial charge in [-0.25, -0.2) is 4.98 Å². The van der Waals surface area contributed by atoms with Crippen LogP contribution in [0.25, 0.3) is 0 Å². The van der Waals surface area contributed by atoms with Crippen LogP contribution in [-0.2, 0) is 20.2 Å². The number of hydrogen-bond donors (Lipinski definition) is 0. The van der Waals surface area contributed by atoms with Gasteiger partial charge in [0.1, 0.15) is 5.69 Å². The summed E-state index contributed by atoms with van der Waals surface area (Å²) >= 11 is 0. The lowest BCUT2D eigenvalue weighted by Crippen LogP contribution is -2.34. The van der Waals surface area contributed by atoms with Gasteiger partial charge in [-0.1, -0.05) is 0 Å². The first-order valence-corrected chi connectivity index (χ1v) is 3.71. The first kappa shape index (κ1) is 10.0. The molecule has 0 saturated heterocycles. The molecular weight excluding hydrogens is 172 g/mol. The average Bonchev–Trinajstić information content (AvgIpc) is 2.23. The predicted octanol–water partition coefficient (Wildman–Crippen LogP) is 0.526. The molecule has 0 aliphatic carbocycles. The van der Waals surface area contributed by atoms with Crippen molar-refractivity contribution in [1.82, 2.24) is 9.97 Å². The van der Waals surface area contributed by atoms with Crippen LogP contribution in [0.3, 0.4) is 0 Å². The highest BCUT2D eigenvalue weighted by molar-refractivity contribution is 5.00. The summed E-state index contributed by atoms with van der Waals surface area (Å²) in [5.41, 5.74) is 0.475. The Balaban J connectivity index is 3.01. The molecule has 0 spiro atoms. The third-order valence-corrected chi connectivity index (χ3v) is 1.68. The molecule has 1 aromatic rings. The van der Waals surface area contributed by atoms with Gasteiger partial charge >= 0.3 is 5.97 Å². The van der Waals surface area contributed by atoms with Gasteiger partial charge in [0.25, 0.3) is 0 Å². The fourth-order valence-corrected chi connectivity index (χ4v) is 1.02. The SMILES string of the molecule is COC(OC)(OC)c1cnccn1. The topological polar surface area (TPSA) is 53.5 Å². The molecule has 1 rings (SSSR count). The summed E-state index contributed by atoms with van der Waals surface area (Å²) < 4.78 is 15.2. The molecule has 0 aromatic carbocycles. The minimum absolute atomic E-state index is 0.475. The Morgan fingerprint density at radius 2 is 1.69 bits per heavy atom. The van der Waals surface area contributed by atoms with Gasteiger partial charge in [-0.15, -0.1) is 0 Å². The lowest BCUT2D eigenvalue weighted by Gasteiger charge is -2.27. The molecule has 1 aromatic heterocycles. The lowest BCUT2D eigenvalue weighted by atomic mass is 10.4. The molecule has 0 N–H and O–H groups in total. The van der Waals surface area contributed by atoms with E-state index in [9.17, 15) is 0 Å². The van der Waals surface area contributed by atoms with Crippen molar-refractivity contribution < 1.29 is 14.2 Å². The first-order chi connectivity index (χ1) is 6.29. The van der Waals surface area contributed by atoms with Crippen molar-refractivity contribution in [2.45, 2.75) is 5.97 Å². The fourth-order valence-electron chi connectivity index (χ4n) is 1.02. The zero-order chi connectivity index (χ0) is 9.73. The van der Waals surface area contributed by atoms with E-state index < -0.39 is 5.97 Å². The molecule has 1 heterocycles. The van der Waals surface area contributed by atoms with Crippen LogP contribution in [0.1, 0.15) is 5.69 Å². The molecule has 0 atom stereocenters. The van der Waals surface area contributed by atoms with Gasteiger partial charge < -0.3 is 14.2 Å². The summed E-state index contributed by atoms with van der Waals surface area (Å²) in [5.74, 6) is -1.26. The van der Waals surface area contributed by atoms with E-state index in [-0.39, 0.29) is 0 Å². The van der Waals surface area contributed by atoms with E-state index in [0.717, 1.165) is 0 Å². The molecule has 0 aliphatic rings. The van der Waals surface area contributed by atoms with E-state index in [4.69, 9.17) is 14.2 Å². The maximum absolute atomic E-state index is 5.08. The Morgan fingerprint density at radius 3 is 2.08 bits per heavy atom. The molecule has 72 valence electrons. The van der Waals surface area contributed by atoms with Gasteiger partial charge in [0.15, 0.2) is 0 Å². The van der Waals surface area contributed by atoms with Crippen LogP contribution < -0.4 is 0 Å². The van der Waals surface area contributed by atoms with E-state index in [1.54, 1.807) is 12.4 Å². The molecular formula is C8H12N2O3. The number of ether oxygens (including phenoxy) is 3. The van der Waals surface area contributed by atoms with Gasteiger partial charge in [-0.05, 0) is 0 Å². The minimum atomic E-state index is -1.26. The molecule has 0 radical (unpaired) electrons. The van der Waals surface area contributed by atoms with Crippen molar-refractivity contribution in [3.05, 3.63) is 24.3 Å². The first-order valence-electron chi connectivity index (χ1n) is 3.71. The van der Waals surface area contributed by atoms with Crippen molar-refractivity contribution in [2.24, 2.45) is 0 Å². The Hall–Kier alpha value is -1.04. The molecule has 5 heteroatoms. The summed E-state index contributed by atoms with van der Waals surface area (Å²) in [6.07, 6.45) is 4.63. The molecule has 0 amide bonds. The largest absolute Gasteiger partial charge is 0.330 e. The molecule has 5 nitrogen and oxygen atoms in total. The summed E-state index contributed by atoms with van der Waals surface area (Å²) in [7, 11) is 4.42. The van der Waals surface area contributed by atoms with Crippen LogP contribution in [0, 0.1) is 0 Å². The van der Waals surface area contributed by atoms with Crippen molar-refractivity contribution in [3.8, 4) is 0 Å². The second-order valence-electron chi connectivity index (χ2n) is 2.26. The van der Waals surface area contributed by atoms with Crippen LogP contribution in [0.4, 0.5) is 0 Å². The lowest BCUT2D eigenvalue weighted by molar-refractivity contribution is -0.366. The maximum atomic E-state index is 5.08. The smallest absolute Gasteiger partial charge is 0.326 e. The molecule has 13 heavy (non-hydrogen) atoms. The summed E-state index contributed by atoms with van der Waals surface area (Å²) in [5, 5.41) is 0. The average molecular weight is 184 g/mol. The Bertz CT molecular complexity index is 241. The van der Waals surface area contributed by atoms with E-state index in [2.05, 4.69) is 9.97 Å². The standard InChI is InChI=1S/C8H12N2O3/c1-11-8(12-2,13-3)7-6-9-4-5-10-7/h4-6H,1-3H3. The fraction of sp³-hybridized carbons (Fsp3) is 0.500. The maximum Gasteiger partial charge on any atom is 0.330 e. The van der Waals surface area contributed by atoms with Crippen molar-refractivity contribution in [2.75, 3.05) is 21.3 Å². The van der Waals surface area contributed by atoms with Gasteiger partial charge in [-0.3, -0.25) is 4.98 Å². The van der Waals surface area contributed by atoms with Gasteiger partial charge in [0, 0.05) is 33.7 Å². The van der Waals surface area contributed by atoms with Crippen LogP contribution in [0.5, 0.6) is 0 Å². The second-order valence-corrected chi connectivity index (χ2v) is 2.26. The Labute approximate surface area is 76.7 Å². The molecule has 0 saturated carbocycles. The van der Waals surface area contributed by atoms with E-state index in [1.807, 2.05) is 0 Å². The normalized spacial score (nSPS) is 11.6. The quantitative estimate of drug-likeness (QED) is 0.639. The molecule has 0 bridgehead atoms. The summed E-state index contributed by atoms with van der Waals surface area (Å²) in [4.78, 5) is 7.92. The van der Waals surface area contributed by atoms with E-state index >= 15 is 0 Å². The highest BCUT2D eigenvalue weighted by atomic mass is 16.9. The zero-order valence-electron chi connectivity index (χ0n) is 7.85. The Morgan fingerprint density at radius 1 is 1.08 bits per heavy atom. The highest BCUT2D eigenvalue weighted by Crippen LogP contribution is 2.23. The summed E-state index contributed by atoms with van der Waals surface area (Å²) in [6, 6.07) is 0. The second kappa shape index (κ2) is 4.27. The molecule has 0 aliphatic heterocycles. The third kappa shape index (κ3) is 1.82. The van der Waals surface area contributed by atoms with Crippen molar-refractivity contribution in [1.29, 1.82) is 0 Å². The van der Waals surface area contributed by atoms with Crippen LogP contribution in [0.15, 0.2) is 18.6 Å². The minimum Gasteiger partial charge on any atom is -0.326 e. The number of rotatable bonds is 4.